The van der Waals surface area contributed by atoms with E-state index < -0.39 is 0 Å². The highest BCUT2D eigenvalue weighted by Crippen LogP contribution is 2.23. The summed E-state index contributed by atoms with van der Waals surface area (Å²) < 4.78 is 16.2. The van der Waals surface area contributed by atoms with Crippen LogP contribution in [0.1, 0.15) is 24.3 Å². The van der Waals surface area contributed by atoms with Gasteiger partial charge in [-0.15, -0.1) is 10.2 Å². The Morgan fingerprint density at radius 3 is 2.64 bits per heavy atom. The molecule has 2 aromatic carbocycles. The number of carbonyl (C=O) groups is 1. The maximum absolute atomic E-state index is 12.1. The van der Waals surface area contributed by atoms with E-state index in [1.54, 1.807) is 14.2 Å². The zero-order valence-corrected chi connectivity index (χ0v) is 16.0. The van der Waals surface area contributed by atoms with Crippen LogP contribution >= 0.6 is 0 Å². The van der Waals surface area contributed by atoms with Crippen LogP contribution in [0.2, 0.25) is 0 Å². The summed E-state index contributed by atoms with van der Waals surface area (Å²) in [5.41, 5.74) is 1.74. The predicted molar refractivity (Wildman–Crippen MR) is 104 cm³/mol. The number of aromatic nitrogens is 2. The molecule has 0 fully saturated rings. The van der Waals surface area contributed by atoms with Crippen molar-refractivity contribution in [3.8, 4) is 23.0 Å². The average molecular weight is 381 g/mol. The van der Waals surface area contributed by atoms with Crippen LogP contribution in [0.3, 0.4) is 0 Å². The summed E-state index contributed by atoms with van der Waals surface area (Å²) in [5, 5.41) is 11.0. The second kappa shape index (κ2) is 9.55. The Hall–Kier alpha value is -3.35. The number of ether oxygens (including phenoxy) is 2. The van der Waals surface area contributed by atoms with Gasteiger partial charge in [0, 0.05) is 30.5 Å². The monoisotopic (exact) mass is 381 g/mol. The van der Waals surface area contributed by atoms with Gasteiger partial charge in [-0.1, -0.05) is 18.2 Å². The molecule has 7 heteroatoms. The zero-order valence-electron chi connectivity index (χ0n) is 16.0. The molecule has 1 aromatic heterocycles. The number of rotatable bonds is 9. The third-order valence-corrected chi connectivity index (χ3v) is 4.25. The van der Waals surface area contributed by atoms with Crippen molar-refractivity contribution >= 4 is 5.91 Å². The van der Waals surface area contributed by atoms with Crippen molar-refractivity contribution in [3.63, 3.8) is 0 Å². The molecule has 0 aliphatic rings. The molecule has 0 radical (unpaired) electrons. The molecule has 28 heavy (non-hydrogen) atoms. The number of carbonyl (C=O) groups excluding carboxylic acids is 1. The molecule has 3 aromatic rings. The number of methoxy groups -OCH3 is 2. The Kier molecular flexibility index (Phi) is 6.62. The lowest BCUT2D eigenvalue weighted by molar-refractivity contribution is -0.121. The highest BCUT2D eigenvalue weighted by atomic mass is 16.5. The molecule has 0 spiro atoms. The third kappa shape index (κ3) is 5.09. The lowest BCUT2D eigenvalue weighted by Crippen LogP contribution is -2.22. The second-order valence-corrected chi connectivity index (χ2v) is 6.18. The number of nitrogens with one attached hydrogen (secondary N) is 1. The van der Waals surface area contributed by atoms with Crippen molar-refractivity contribution in [2.45, 2.75) is 25.8 Å². The largest absolute Gasteiger partial charge is 0.497 e. The van der Waals surface area contributed by atoms with Gasteiger partial charge >= 0.3 is 0 Å². The molecule has 0 aliphatic heterocycles. The maximum Gasteiger partial charge on any atom is 0.247 e. The van der Waals surface area contributed by atoms with Crippen LogP contribution in [-0.4, -0.2) is 30.3 Å². The third-order valence-electron chi connectivity index (χ3n) is 4.25. The van der Waals surface area contributed by atoms with E-state index in [0.717, 1.165) is 16.9 Å². The van der Waals surface area contributed by atoms with Crippen LogP contribution in [0.4, 0.5) is 0 Å². The quantitative estimate of drug-likeness (QED) is 0.611. The summed E-state index contributed by atoms with van der Waals surface area (Å²) in [7, 11) is 3.20. The van der Waals surface area contributed by atoms with Crippen LogP contribution < -0.4 is 14.8 Å². The van der Waals surface area contributed by atoms with Gasteiger partial charge in [0.25, 0.3) is 0 Å². The van der Waals surface area contributed by atoms with E-state index in [9.17, 15) is 4.79 Å². The topological polar surface area (TPSA) is 86.5 Å². The van der Waals surface area contributed by atoms with E-state index in [1.165, 1.54) is 0 Å². The normalized spacial score (nSPS) is 10.5. The van der Waals surface area contributed by atoms with Gasteiger partial charge in [-0.3, -0.25) is 4.79 Å². The lowest BCUT2D eigenvalue weighted by atomic mass is 10.1. The van der Waals surface area contributed by atoms with Crippen molar-refractivity contribution in [3.05, 3.63) is 60.0 Å². The highest BCUT2D eigenvalue weighted by Gasteiger charge is 2.10. The molecule has 7 nitrogen and oxygen atoms in total. The van der Waals surface area contributed by atoms with Crippen molar-refractivity contribution in [1.82, 2.24) is 15.5 Å². The molecular weight excluding hydrogens is 358 g/mol. The Labute approximate surface area is 163 Å². The SMILES string of the molecule is COc1ccc(OC)c(CNC(=O)CCCc2nnc(-c3ccccc3)o2)c1. The first kappa shape index (κ1) is 19.4. The molecule has 0 saturated heterocycles. The second-order valence-electron chi connectivity index (χ2n) is 6.18. The predicted octanol–water partition coefficient (Wildman–Crippen LogP) is 3.39. The molecule has 1 amide bonds. The Bertz CT molecular complexity index is 909. The van der Waals surface area contributed by atoms with E-state index in [2.05, 4.69) is 15.5 Å². The Morgan fingerprint density at radius 2 is 1.89 bits per heavy atom. The summed E-state index contributed by atoms with van der Waals surface area (Å²) in [5.74, 6) is 2.40. The fourth-order valence-electron chi connectivity index (χ4n) is 2.75. The fraction of sp³-hybridized carbons (Fsp3) is 0.286. The summed E-state index contributed by atoms with van der Waals surface area (Å²) in [6, 6.07) is 15.1. The fourth-order valence-corrected chi connectivity index (χ4v) is 2.75. The minimum atomic E-state index is -0.0485. The number of amides is 1. The number of benzene rings is 2. The van der Waals surface area contributed by atoms with Gasteiger partial charge in [0.15, 0.2) is 0 Å². The van der Waals surface area contributed by atoms with Gasteiger partial charge in [-0.05, 0) is 36.8 Å². The van der Waals surface area contributed by atoms with Crippen LogP contribution in [0.5, 0.6) is 11.5 Å². The molecule has 0 bridgehead atoms. The van der Waals surface area contributed by atoms with Crippen molar-refractivity contribution in [2.75, 3.05) is 14.2 Å². The molecule has 0 aliphatic carbocycles. The first-order chi connectivity index (χ1) is 13.7. The van der Waals surface area contributed by atoms with Crippen LogP contribution in [0.25, 0.3) is 11.5 Å². The van der Waals surface area contributed by atoms with Crippen LogP contribution in [0, 0.1) is 0 Å². The molecule has 0 saturated carbocycles. The molecular formula is C21H23N3O4. The minimum Gasteiger partial charge on any atom is -0.497 e. The van der Waals surface area contributed by atoms with E-state index in [4.69, 9.17) is 13.9 Å². The number of hydrogen-bond acceptors (Lipinski definition) is 6. The van der Waals surface area contributed by atoms with Gasteiger partial charge < -0.3 is 19.2 Å². The molecule has 1 N–H and O–H groups in total. The van der Waals surface area contributed by atoms with Crippen LogP contribution in [-0.2, 0) is 17.8 Å². The van der Waals surface area contributed by atoms with Gasteiger partial charge in [-0.25, -0.2) is 0 Å². The van der Waals surface area contributed by atoms with Crippen molar-refractivity contribution in [2.24, 2.45) is 0 Å². The minimum absolute atomic E-state index is 0.0485. The molecule has 0 unspecified atom stereocenters. The Morgan fingerprint density at radius 1 is 1.07 bits per heavy atom. The average Bonchev–Trinajstić information content (AvgIpc) is 3.21. The smallest absolute Gasteiger partial charge is 0.247 e. The number of aryl methyl sites for hydroxylation is 1. The summed E-state index contributed by atoms with van der Waals surface area (Å²) in [4.78, 5) is 12.1. The molecule has 146 valence electrons. The first-order valence-corrected chi connectivity index (χ1v) is 9.05. The summed E-state index contributed by atoms with van der Waals surface area (Å²) in [6.07, 6.45) is 1.54. The molecule has 1 heterocycles. The van der Waals surface area contributed by atoms with Gasteiger partial charge in [0.1, 0.15) is 11.5 Å². The lowest BCUT2D eigenvalue weighted by Gasteiger charge is -2.11. The zero-order chi connectivity index (χ0) is 19.8. The van der Waals surface area contributed by atoms with E-state index in [0.29, 0.717) is 43.3 Å². The van der Waals surface area contributed by atoms with E-state index in [-0.39, 0.29) is 5.91 Å². The van der Waals surface area contributed by atoms with Crippen LogP contribution in [0.15, 0.2) is 52.9 Å². The van der Waals surface area contributed by atoms with E-state index >= 15 is 0 Å². The maximum atomic E-state index is 12.1. The van der Waals surface area contributed by atoms with Crippen molar-refractivity contribution < 1.29 is 18.7 Å². The van der Waals surface area contributed by atoms with Gasteiger partial charge in [0.2, 0.25) is 17.7 Å². The van der Waals surface area contributed by atoms with Gasteiger partial charge in [0.05, 0.1) is 14.2 Å². The molecule has 3 rings (SSSR count). The summed E-state index contributed by atoms with van der Waals surface area (Å²) in [6.45, 7) is 0.373. The number of hydrogen-bond donors (Lipinski definition) is 1. The van der Waals surface area contributed by atoms with E-state index in [1.807, 2.05) is 48.5 Å². The van der Waals surface area contributed by atoms with Crippen molar-refractivity contribution in [1.29, 1.82) is 0 Å². The van der Waals surface area contributed by atoms with Gasteiger partial charge in [-0.2, -0.15) is 0 Å². The summed E-state index contributed by atoms with van der Waals surface area (Å²) >= 11 is 0. The first-order valence-electron chi connectivity index (χ1n) is 9.05. The molecule has 0 atom stereocenters. The standard InChI is InChI=1S/C21H23N3O4/c1-26-17-11-12-18(27-2)16(13-17)14-22-19(25)9-6-10-20-23-24-21(28-20)15-7-4-3-5-8-15/h3-5,7-8,11-13H,6,9-10,14H2,1-2H3,(H,22,25). The highest BCUT2D eigenvalue weighted by molar-refractivity contribution is 5.75. The number of nitrogens with zero attached hydrogens (tertiary/aromatic N) is 2. The Balaban J connectivity index is 1.46.